The van der Waals surface area contributed by atoms with Crippen molar-refractivity contribution in [2.24, 2.45) is 0 Å². The van der Waals surface area contributed by atoms with Gasteiger partial charge in [-0.2, -0.15) is 5.10 Å². The number of rotatable bonds is 8. The minimum atomic E-state index is 0.391. The van der Waals surface area contributed by atoms with Crippen LogP contribution in [-0.4, -0.2) is 35.7 Å². The minimum Gasteiger partial charge on any atom is -0.496 e. The number of para-hydroxylation sites is 1. The fourth-order valence-corrected chi connectivity index (χ4v) is 3.26. The summed E-state index contributed by atoms with van der Waals surface area (Å²) in [4.78, 5) is 0. The van der Waals surface area contributed by atoms with Gasteiger partial charge in [0.1, 0.15) is 5.75 Å². The molecule has 148 valence electrons. The van der Waals surface area contributed by atoms with Gasteiger partial charge in [-0.1, -0.05) is 23.7 Å². The molecule has 0 aliphatic rings. The first-order valence-electron chi connectivity index (χ1n) is 8.62. The molecule has 0 fully saturated rings. The summed E-state index contributed by atoms with van der Waals surface area (Å²) in [5.41, 5.74) is 4.91. The van der Waals surface area contributed by atoms with E-state index in [4.69, 9.17) is 38.0 Å². The monoisotopic (exact) mass is 420 g/mol. The molecule has 2 N–H and O–H groups in total. The summed E-state index contributed by atoms with van der Waals surface area (Å²) in [6, 6.07) is 11.1. The smallest absolute Gasteiger partial charge is 0.214 e. The van der Waals surface area contributed by atoms with Crippen LogP contribution in [0.25, 0.3) is 11.4 Å². The molecule has 3 rings (SSSR count). The van der Waals surface area contributed by atoms with Gasteiger partial charge in [-0.05, 0) is 37.3 Å². The molecule has 0 spiro atoms. The number of hydrogen-bond donors (Lipinski definition) is 2. The van der Waals surface area contributed by atoms with Crippen molar-refractivity contribution in [2.75, 3.05) is 26.3 Å². The molecule has 3 aromatic rings. The number of ether oxygens (including phenoxy) is 3. The van der Waals surface area contributed by atoms with Crippen LogP contribution in [0.4, 0.5) is 0 Å². The highest BCUT2D eigenvalue weighted by Crippen LogP contribution is 2.35. The van der Waals surface area contributed by atoms with Crippen LogP contribution < -0.4 is 19.6 Å². The van der Waals surface area contributed by atoms with Crippen LogP contribution >= 0.6 is 23.8 Å². The standard InChI is InChI=1S/C19H21ClN4O3S/c1-4-27-17-12(9-13(20)10-16(17)26-3)11-21-24-18(22-23-19(24)28)14-7-5-6-8-15(14)25-2/h5-10,21H,4,11H2,1-3H3,(H,23,28). The van der Waals surface area contributed by atoms with Crippen LogP contribution in [-0.2, 0) is 6.54 Å². The van der Waals surface area contributed by atoms with E-state index in [2.05, 4.69) is 15.6 Å². The van der Waals surface area contributed by atoms with E-state index in [1.165, 1.54) is 0 Å². The molecule has 9 heteroatoms. The van der Waals surface area contributed by atoms with E-state index in [1.54, 1.807) is 25.0 Å². The molecule has 0 aliphatic heterocycles. The highest BCUT2D eigenvalue weighted by Gasteiger charge is 2.16. The molecule has 28 heavy (non-hydrogen) atoms. The average Bonchev–Trinajstić information content (AvgIpc) is 3.08. The molecule has 0 unspecified atom stereocenters. The molecule has 1 aromatic heterocycles. The van der Waals surface area contributed by atoms with Gasteiger partial charge >= 0.3 is 0 Å². The highest BCUT2D eigenvalue weighted by atomic mass is 35.5. The lowest BCUT2D eigenvalue weighted by Gasteiger charge is -2.17. The van der Waals surface area contributed by atoms with Crippen molar-refractivity contribution in [3.63, 3.8) is 0 Å². The number of halogens is 1. The largest absolute Gasteiger partial charge is 0.496 e. The van der Waals surface area contributed by atoms with Crippen LogP contribution in [0.1, 0.15) is 12.5 Å². The number of hydrogen-bond acceptors (Lipinski definition) is 6. The van der Waals surface area contributed by atoms with Gasteiger partial charge in [0.2, 0.25) is 4.77 Å². The predicted molar refractivity (Wildman–Crippen MR) is 112 cm³/mol. The Morgan fingerprint density at radius 3 is 2.64 bits per heavy atom. The van der Waals surface area contributed by atoms with Crippen LogP contribution in [0.2, 0.25) is 5.02 Å². The van der Waals surface area contributed by atoms with Crippen molar-refractivity contribution < 1.29 is 14.2 Å². The molecule has 0 atom stereocenters. The summed E-state index contributed by atoms with van der Waals surface area (Å²) in [6.07, 6.45) is 0. The van der Waals surface area contributed by atoms with Gasteiger partial charge in [0.25, 0.3) is 0 Å². The molecule has 0 bridgehead atoms. The third-order valence-corrected chi connectivity index (χ3v) is 4.55. The van der Waals surface area contributed by atoms with Gasteiger partial charge in [-0.15, -0.1) is 0 Å². The molecule has 7 nitrogen and oxygen atoms in total. The number of aromatic amines is 1. The first-order valence-corrected chi connectivity index (χ1v) is 9.41. The SMILES string of the molecule is CCOc1c(CNn2c(-c3ccccc3OC)n[nH]c2=S)cc(Cl)cc1OC. The summed E-state index contributed by atoms with van der Waals surface area (Å²) in [7, 11) is 3.20. The molecule has 0 saturated heterocycles. The van der Waals surface area contributed by atoms with Crippen molar-refractivity contribution >= 4 is 23.8 Å². The van der Waals surface area contributed by atoms with Crippen LogP contribution in [0.15, 0.2) is 36.4 Å². The Bertz CT molecular complexity index is 1020. The number of nitrogens with zero attached hydrogens (tertiary/aromatic N) is 2. The van der Waals surface area contributed by atoms with Gasteiger partial charge in [-0.3, -0.25) is 0 Å². The quantitative estimate of drug-likeness (QED) is 0.525. The zero-order valence-electron chi connectivity index (χ0n) is 15.8. The molecule has 1 heterocycles. The molecule has 2 aromatic carbocycles. The van der Waals surface area contributed by atoms with Gasteiger partial charge in [0.05, 0.1) is 32.9 Å². The minimum absolute atomic E-state index is 0.391. The van der Waals surface area contributed by atoms with Crippen LogP contribution in [0.3, 0.4) is 0 Å². The number of H-pyrrole nitrogens is 1. The summed E-state index contributed by atoms with van der Waals surface area (Å²) in [5, 5.41) is 7.70. The second-order valence-electron chi connectivity index (χ2n) is 5.75. The third kappa shape index (κ3) is 4.07. The summed E-state index contributed by atoms with van der Waals surface area (Å²) < 4.78 is 18.7. The molecule has 0 aliphatic carbocycles. The summed E-state index contributed by atoms with van der Waals surface area (Å²) in [5.74, 6) is 2.51. The van der Waals surface area contributed by atoms with E-state index in [0.717, 1.165) is 11.1 Å². The third-order valence-electron chi connectivity index (χ3n) is 4.05. The number of methoxy groups -OCH3 is 2. The zero-order valence-corrected chi connectivity index (χ0v) is 17.4. The molecular weight excluding hydrogens is 400 g/mol. The Morgan fingerprint density at radius 1 is 1.18 bits per heavy atom. The van der Waals surface area contributed by atoms with Crippen molar-refractivity contribution in [2.45, 2.75) is 13.5 Å². The Balaban J connectivity index is 1.96. The fourth-order valence-electron chi connectivity index (χ4n) is 2.83. The van der Waals surface area contributed by atoms with E-state index >= 15 is 0 Å². The van der Waals surface area contributed by atoms with E-state index in [0.29, 0.717) is 46.0 Å². The Morgan fingerprint density at radius 2 is 1.93 bits per heavy atom. The number of aromatic nitrogens is 3. The topological polar surface area (TPSA) is 73.3 Å². The lowest BCUT2D eigenvalue weighted by Crippen LogP contribution is -2.17. The highest BCUT2D eigenvalue weighted by molar-refractivity contribution is 7.71. The van der Waals surface area contributed by atoms with E-state index in [-0.39, 0.29) is 0 Å². The molecule has 0 saturated carbocycles. The normalized spacial score (nSPS) is 10.6. The lowest BCUT2D eigenvalue weighted by atomic mass is 10.2. The predicted octanol–water partition coefficient (Wildman–Crippen LogP) is 4.42. The summed E-state index contributed by atoms with van der Waals surface area (Å²) >= 11 is 11.6. The van der Waals surface area contributed by atoms with Crippen LogP contribution in [0, 0.1) is 4.77 Å². The molecular formula is C19H21ClN4O3S. The maximum absolute atomic E-state index is 6.23. The Hall–Kier alpha value is -2.71. The van der Waals surface area contributed by atoms with E-state index in [9.17, 15) is 0 Å². The van der Waals surface area contributed by atoms with Crippen molar-refractivity contribution in [1.82, 2.24) is 14.9 Å². The average molecular weight is 421 g/mol. The Labute approximate surface area is 173 Å². The van der Waals surface area contributed by atoms with Gasteiger partial charge < -0.3 is 19.6 Å². The maximum atomic E-state index is 6.23. The number of benzene rings is 2. The van der Waals surface area contributed by atoms with Crippen molar-refractivity contribution in [3.05, 3.63) is 51.8 Å². The van der Waals surface area contributed by atoms with Gasteiger partial charge in [0.15, 0.2) is 17.3 Å². The lowest BCUT2D eigenvalue weighted by molar-refractivity contribution is 0.307. The number of nitrogens with one attached hydrogen (secondary N) is 2. The first-order chi connectivity index (χ1) is 13.6. The second kappa shape index (κ2) is 8.99. The molecule has 0 amide bonds. The zero-order chi connectivity index (χ0) is 20.1. The van der Waals surface area contributed by atoms with Crippen LogP contribution in [0.5, 0.6) is 17.2 Å². The van der Waals surface area contributed by atoms with E-state index in [1.807, 2.05) is 37.3 Å². The second-order valence-corrected chi connectivity index (χ2v) is 6.58. The van der Waals surface area contributed by atoms with E-state index < -0.39 is 0 Å². The fraction of sp³-hybridized carbons (Fsp3) is 0.263. The van der Waals surface area contributed by atoms with Gasteiger partial charge in [0, 0.05) is 16.7 Å². The summed E-state index contributed by atoms with van der Waals surface area (Å²) in [6.45, 7) is 2.81. The van der Waals surface area contributed by atoms with Crippen molar-refractivity contribution in [3.8, 4) is 28.6 Å². The maximum Gasteiger partial charge on any atom is 0.214 e. The first kappa shape index (κ1) is 20.0. The van der Waals surface area contributed by atoms with Crippen molar-refractivity contribution in [1.29, 1.82) is 0 Å². The van der Waals surface area contributed by atoms with Gasteiger partial charge in [-0.25, -0.2) is 9.77 Å². The Kier molecular flexibility index (Phi) is 6.43. The molecule has 0 radical (unpaired) electrons.